The van der Waals surface area contributed by atoms with E-state index in [1.54, 1.807) is 6.92 Å². The van der Waals surface area contributed by atoms with Crippen molar-refractivity contribution < 1.29 is 14.7 Å². The molecule has 3 N–H and O–H groups in total. The van der Waals surface area contributed by atoms with E-state index in [0.29, 0.717) is 6.54 Å². The Morgan fingerprint density at radius 2 is 1.82 bits per heavy atom. The number of nitrogens with one attached hydrogen (secondary N) is 2. The number of carbonyl (C=O) groups excluding carboxylic acids is 2. The molecular weight excluding hydrogens is 148 g/mol. The lowest BCUT2D eigenvalue weighted by molar-refractivity contribution is -0.129. The first-order chi connectivity index (χ1) is 5.20. The fraction of sp³-hybridized carbons (Fsp3) is 0.667. The lowest BCUT2D eigenvalue weighted by atomic mass is 10.4. The Balaban J connectivity index is 3.49. The zero-order chi connectivity index (χ0) is 8.69. The quantitative estimate of drug-likeness (QED) is 0.349. The first-order valence-electron chi connectivity index (χ1n) is 3.35. The van der Waals surface area contributed by atoms with Gasteiger partial charge in [-0.25, -0.2) is 0 Å². The number of hydrogen-bond acceptors (Lipinski definition) is 3. The predicted molar refractivity (Wildman–Crippen MR) is 38.5 cm³/mol. The second kappa shape index (κ2) is 5.67. The van der Waals surface area contributed by atoms with Gasteiger partial charge >= 0.3 is 0 Å². The van der Waals surface area contributed by atoms with Gasteiger partial charge in [-0.05, 0) is 6.92 Å². The average Bonchev–Trinajstić information content (AvgIpc) is 1.87. The minimum atomic E-state index is -0.474. The van der Waals surface area contributed by atoms with Crippen LogP contribution in [0.15, 0.2) is 0 Å². The van der Waals surface area contributed by atoms with Crippen LogP contribution in [0.4, 0.5) is 0 Å². The molecule has 0 aromatic heterocycles. The highest BCUT2D eigenvalue weighted by atomic mass is 16.3. The summed E-state index contributed by atoms with van der Waals surface area (Å²) in [5.41, 5.74) is 0. The van der Waals surface area contributed by atoms with E-state index >= 15 is 0 Å². The van der Waals surface area contributed by atoms with Gasteiger partial charge in [-0.3, -0.25) is 9.59 Å². The number of carbonyl (C=O) groups is 2. The van der Waals surface area contributed by atoms with Crippen LogP contribution < -0.4 is 10.6 Å². The van der Waals surface area contributed by atoms with Gasteiger partial charge in [0, 0.05) is 6.54 Å². The van der Waals surface area contributed by atoms with Gasteiger partial charge in [-0.15, -0.1) is 0 Å². The van der Waals surface area contributed by atoms with Crippen LogP contribution in [0.5, 0.6) is 0 Å². The Morgan fingerprint density at radius 3 is 2.27 bits per heavy atom. The number of rotatable bonds is 4. The molecule has 11 heavy (non-hydrogen) atoms. The third kappa shape index (κ3) is 5.35. The van der Waals surface area contributed by atoms with Crippen LogP contribution in [0.25, 0.3) is 0 Å². The molecule has 0 aromatic carbocycles. The summed E-state index contributed by atoms with van der Waals surface area (Å²) in [6.07, 6.45) is -0.228. The third-order valence-electron chi connectivity index (χ3n) is 0.971. The zero-order valence-electron chi connectivity index (χ0n) is 6.39. The molecule has 0 aliphatic carbocycles. The molecular formula is C6H12N2O3. The van der Waals surface area contributed by atoms with Gasteiger partial charge in [0.15, 0.2) is 0 Å². The van der Waals surface area contributed by atoms with Crippen LogP contribution in [0.3, 0.4) is 0 Å². The number of aliphatic hydroxyl groups is 1. The molecule has 0 fully saturated rings. The molecule has 0 saturated carbocycles. The number of aliphatic hydroxyl groups excluding tert-OH is 1. The fourth-order valence-corrected chi connectivity index (χ4v) is 0.556. The molecule has 5 nitrogen and oxygen atoms in total. The number of amides is 2. The van der Waals surface area contributed by atoms with E-state index in [2.05, 4.69) is 10.6 Å². The molecule has 5 heteroatoms. The maximum atomic E-state index is 10.7. The minimum Gasteiger partial charge on any atom is -0.377 e. The molecule has 0 radical (unpaired) electrons. The first-order valence-corrected chi connectivity index (χ1v) is 3.35. The van der Waals surface area contributed by atoms with Crippen molar-refractivity contribution in [1.29, 1.82) is 0 Å². The van der Waals surface area contributed by atoms with Crippen molar-refractivity contribution in [3.8, 4) is 0 Å². The van der Waals surface area contributed by atoms with Crippen molar-refractivity contribution in [3.63, 3.8) is 0 Å². The topological polar surface area (TPSA) is 78.4 Å². The number of hydrogen-bond donors (Lipinski definition) is 3. The summed E-state index contributed by atoms with van der Waals surface area (Å²) in [5.74, 6) is -0.808. The van der Waals surface area contributed by atoms with E-state index in [4.69, 9.17) is 5.11 Å². The van der Waals surface area contributed by atoms with Gasteiger partial charge in [-0.2, -0.15) is 0 Å². The van der Waals surface area contributed by atoms with Crippen LogP contribution in [0.1, 0.15) is 13.3 Å². The van der Waals surface area contributed by atoms with E-state index < -0.39 is 12.6 Å². The smallest absolute Gasteiger partial charge is 0.231 e. The van der Waals surface area contributed by atoms with Crippen molar-refractivity contribution >= 4 is 11.8 Å². The molecule has 64 valence electrons. The average molecular weight is 160 g/mol. The molecule has 0 unspecified atom stereocenters. The molecule has 0 aliphatic heterocycles. The van der Waals surface area contributed by atoms with E-state index in [9.17, 15) is 9.59 Å². The lowest BCUT2D eigenvalue weighted by Crippen LogP contribution is -2.32. The van der Waals surface area contributed by atoms with Gasteiger partial charge in [0.1, 0.15) is 13.2 Å². The highest BCUT2D eigenvalue weighted by Gasteiger charge is 2.05. The standard InChI is InChI=1S/C6H12N2O3/c1-2-7-5(10)3-6(11)8-4-9/h9H,2-4H2,1H3,(H,7,10)(H,8,11). The monoisotopic (exact) mass is 160 g/mol. The maximum absolute atomic E-state index is 10.7. The highest BCUT2D eigenvalue weighted by Crippen LogP contribution is 1.78. The van der Waals surface area contributed by atoms with E-state index in [1.165, 1.54) is 0 Å². The van der Waals surface area contributed by atoms with Crippen molar-refractivity contribution in [3.05, 3.63) is 0 Å². The van der Waals surface area contributed by atoms with Gasteiger partial charge < -0.3 is 15.7 Å². The fourth-order valence-electron chi connectivity index (χ4n) is 0.556. The Hall–Kier alpha value is -1.10. The summed E-state index contributed by atoms with van der Waals surface area (Å²) in [4.78, 5) is 21.3. The summed E-state index contributed by atoms with van der Waals surface area (Å²) in [7, 11) is 0. The lowest BCUT2D eigenvalue weighted by Gasteiger charge is -2.01. The Labute approximate surface area is 64.8 Å². The molecule has 0 heterocycles. The van der Waals surface area contributed by atoms with Crippen LogP contribution in [0.2, 0.25) is 0 Å². The maximum Gasteiger partial charge on any atom is 0.231 e. The Bertz CT molecular complexity index is 131. The third-order valence-corrected chi connectivity index (χ3v) is 0.971. The van der Waals surface area contributed by atoms with Gasteiger partial charge in [0.05, 0.1) is 0 Å². The summed E-state index contributed by atoms with van der Waals surface area (Å²) in [6.45, 7) is 1.84. The normalized spacial score (nSPS) is 8.91. The van der Waals surface area contributed by atoms with Crippen LogP contribution in [-0.4, -0.2) is 30.2 Å². The van der Waals surface area contributed by atoms with E-state index in [0.717, 1.165) is 0 Å². The van der Waals surface area contributed by atoms with Gasteiger partial charge in [0.2, 0.25) is 11.8 Å². The second-order valence-corrected chi connectivity index (χ2v) is 1.89. The summed E-state index contributed by atoms with van der Waals surface area (Å²) in [5, 5.41) is 12.8. The summed E-state index contributed by atoms with van der Waals surface area (Å²) < 4.78 is 0. The zero-order valence-corrected chi connectivity index (χ0v) is 6.39. The van der Waals surface area contributed by atoms with Gasteiger partial charge in [0.25, 0.3) is 0 Å². The van der Waals surface area contributed by atoms with Crippen LogP contribution >= 0.6 is 0 Å². The van der Waals surface area contributed by atoms with E-state index in [1.807, 2.05) is 0 Å². The van der Waals surface area contributed by atoms with Crippen molar-refractivity contribution in [1.82, 2.24) is 10.6 Å². The largest absolute Gasteiger partial charge is 0.377 e. The molecule has 2 amide bonds. The molecule has 0 atom stereocenters. The summed E-state index contributed by atoms with van der Waals surface area (Å²) >= 11 is 0. The van der Waals surface area contributed by atoms with Crippen molar-refractivity contribution in [2.45, 2.75) is 13.3 Å². The molecule has 0 saturated heterocycles. The van der Waals surface area contributed by atoms with E-state index in [-0.39, 0.29) is 12.3 Å². The molecule has 0 bridgehead atoms. The molecule has 0 spiro atoms. The second-order valence-electron chi connectivity index (χ2n) is 1.89. The Kier molecular flexibility index (Phi) is 5.10. The van der Waals surface area contributed by atoms with Gasteiger partial charge in [-0.1, -0.05) is 0 Å². The molecule has 0 aliphatic rings. The first kappa shape index (κ1) is 9.90. The van der Waals surface area contributed by atoms with Crippen LogP contribution in [-0.2, 0) is 9.59 Å². The Morgan fingerprint density at radius 1 is 1.27 bits per heavy atom. The predicted octanol–water partition coefficient (Wildman–Crippen LogP) is -1.42. The summed E-state index contributed by atoms with van der Waals surface area (Å²) in [6, 6.07) is 0. The molecule has 0 rings (SSSR count). The SMILES string of the molecule is CCNC(=O)CC(=O)NCO. The molecule has 0 aromatic rings. The van der Waals surface area contributed by atoms with Crippen LogP contribution in [0, 0.1) is 0 Å². The highest BCUT2D eigenvalue weighted by molar-refractivity contribution is 5.96. The minimum absolute atomic E-state index is 0.228. The van der Waals surface area contributed by atoms with Crippen molar-refractivity contribution in [2.24, 2.45) is 0 Å². The van der Waals surface area contributed by atoms with Crippen molar-refractivity contribution in [2.75, 3.05) is 13.3 Å².